The summed E-state index contributed by atoms with van der Waals surface area (Å²) in [6.45, 7) is 10.7. The number of rotatable bonds is 2. The Morgan fingerprint density at radius 2 is 1.79 bits per heavy atom. The van der Waals surface area contributed by atoms with Crippen LogP contribution in [-0.2, 0) is 4.74 Å². The normalized spacial score (nSPS) is 54.8. The third-order valence-electron chi connectivity index (χ3n) is 13.2. The molecule has 4 aliphatic carbocycles. The molecule has 0 spiro atoms. The number of nitrogens with one attached hydrogen (secondary N) is 1. The minimum Gasteiger partial charge on any atom is -0.391 e. The van der Waals surface area contributed by atoms with Gasteiger partial charge in [0.25, 0.3) is 0 Å². The first-order valence-corrected chi connectivity index (χ1v) is 16.0. The van der Waals surface area contributed by atoms with Gasteiger partial charge in [-0.3, -0.25) is 4.99 Å². The highest BCUT2D eigenvalue weighted by Gasteiger charge is 2.68. The van der Waals surface area contributed by atoms with Gasteiger partial charge < -0.3 is 20.3 Å². The van der Waals surface area contributed by atoms with Gasteiger partial charge in [-0.15, -0.1) is 0 Å². The van der Waals surface area contributed by atoms with E-state index in [4.69, 9.17) is 9.73 Å². The Balaban J connectivity index is 1.11. The largest absolute Gasteiger partial charge is 0.391 e. The van der Waals surface area contributed by atoms with Crippen molar-refractivity contribution in [1.82, 2.24) is 5.32 Å². The van der Waals surface area contributed by atoms with Gasteiger partial charge >= 0.3 is 0 Å². The lowest BCUT2D eigenvalue weighted by molar-refractivity contribution is -0.311. The van der Waals surface area contributed by atoms with Gasteiger partial charge in [-0.2, -0.15) is 0 Å². The summed E-state index contributed by atoms with van der Waals surface area (Å²) in [5.41, 5.74) is 1.57. The SMILES string of the molecule is CC1CNC2C(C)C3C(CC4C5CCC6CC(N=Cc7ccccc7)C(O)CC6(C)C5CCC43C)OC2(O)C1. The molecule has 1 aromatic carbocycles. The second kappa shape index (κ2) is 9.37. The third-order valence-corrected chi connectivity index (χ3v) is 13.2. The predicted molar refractivity (Wildman–Crippen MR) is 154 cm³/mol. The first-order valence-electron chi connectivity index (χ1n) is 16.0. The molecule has 39 heavy (non-hydrogen) atoms. The monoisotopic (exact) mass is 534 g/mol. The number of nitrogens with zero attached hydrogens (tertiary/aromatic N) is 1. The lowest BCUT2D eigenvalue weighted by Crippen LogP contribution is -2.68. The van der Waals surface area contributed by atoms with E-state index in [1.54, 1.807) is 0 Å². The van der Waals surface area contributed by atoms with Crippen LogP contribution in [-0.4, -0.2) is 53.1 Å². The van der Waals surface area contributed by atoms with Crippen LogP contribution in [0.1, 0.15) is 84.6 Å². The summed E-state index contributed by atoms with van der Waals surface area (Å²) < 4.78 is 6.74. The molecule has 0 aromatic heterocycles. The van der Waals surface area contributed by atoms with Crippen LogP contribution in [0.5, 0.6) is 0 Å². The summed E-state index contributed by atoms with van der Waals surface area (Å²) in [5.74, 6) is 3.00. The molecule has 0 bridgehead atoms. The molecule has 5 nitrogen and oxygen atoms in total. The summed E-state index contributed by atoms with van der Waals surface area (Å²) in [6, 6.07) is 10.3. The van der Waals surface area contributed by atoms with Gasteiger partial charge in [-0.05, 0) is 109 Å². The quantitative estimate of drug-likeness (QED) is 0.442. The molecule has 14 atom stereocenters. The zero-order valence-electron chi connectivity index (χ0n) is 24.4. The van der Waals surface area contributed by atoms with Crippen LogP contribution >= 0.6 is 0 Å². The lowest BCUT2D eigenvalue weighted by Gasteiger charge is -2.62. The van der Waals surface area contributed by atoms with E-state index >= 15 is 0 Å². The fraction of sp³-hybridized carbons (Fsp3) is 0.794. The average Bonchev–Trinajstić information content (AvgIpc) is 3.19. The Bertz CT molecular complexity index is 1100. The van der Waals surface area contributed by atoms with Crippen LogP contribution in [0.2, 0.25) is 0 Å². The maximum absolute atomic E-state index is 11.7. The number of hydrogen-bond acceptors (Lipinski definition) is 5. The topological polar surface area (TPSA) is 74.1 Å². The number of fused-ring (bicyclic) bond motifs is 8. The Labute approximate surface area is 235 Å². The van der Waals surface area contributed by atoms with Crippen molar-refractivity contribution in [1.29, 1.82) is 0 Å². The van der Waals surface area contributed by atoms with Gasteiger partial charge in [-0.1, -0.05) is 58.0 Å². The molecular formula is C34H50N2O3. The molecule has 2 aliphatic heterocycles. The van der Waals surface area contributed by atoms with Gasteiger partial charge in [0.05, 0.1) is 24.3 Å². The third kappa shape index (κ3) is 4.04. The fourth-order valence-corrected chi connectivity index (χ4v) is 11.6. The summed E-state index contributed by atoms with van der Waals surface area (Å²) >= 11 is 0. The van der Waals surface area contributed by atoms with Crippen molar-refractivity contribution in [3.63, 3.8) is 0 Å². The van der Waals surface area contributed by atoms with Crippen molar-refractivity contribution in [2.45, 2.75) is 109 Å². The first-order chi connectivity index (χ1) is 18.6. The predicted octanol–water partition coefficient (Wildman–Crippen LogP) is 5.44. The molecule has 214 valence electrons. The van der Waals surface area contributed by atoms with Crippen LogP contribution < -0.4 is 5.32 Å². The number of hydrogen-bond donors (Lipinski definition) is 3. The molecule has 2 heterocycles. The van der Waals surface area contributed by atoms with E-state index in [1.165, 1.54) is 25.7 Å². The summed E-state index contributed by atoms with van der Waals surface area (Å²) in [4.78, 5) is 4.91. The highest BCUT2D eigenvalue weighted by Crippen LogP contribution is 2.70. The Kier molecular flexibility index (Phi) is 6.40. The second-order valence-corrected chi connectivity index (χ2v) is 15.3. The Morgan fingerprint density at radius 3 is 2.59 bits per heavy atom. The average molecular weight is 535 g/mol. The molecule has 6 aliphatic rings. The van der Waals surface area contributed by atoms with E-state index in [0.717, 1.165) is 37.8 Å². The van der Waals surface area contributed by atoms with Crippen LogP contribution in [0.4, 0.5) is 0 Å². The zero-order chi connectivity index (χ0) is 27.2. The fourth-order valence-electron chi connectivity index (χ4n) is 11.6. The standard InChI is InChI=1S/C34H50N2O3/c1-20-16-34(38)31(36-18-20)21(2)30-29(39-34)15-26-24-11-10-23-14-27(35-19-22-8-6-5-7-9-22)28(37)17-33(23,4)25(24)12-13-32(26,30)3/h5-9,19-21,23-31,36-38H,10-18H2,1-4H3. The molecule has 2 saturated heterocycles. The second-order valence-electron chi connectivity index (χ2n) is 15.3. The van der Waals surface area contributed by atoms with Crippen molar-refractivity contribution in [2.24, 2.45) is 57.2 Å². The molecule has 3 N–H and O–H groups in total. The van der Waals surface area contributed by atoms with Crippen molar-refractivity contribution in [3.8, 4) is 0 Å². The van der Waals surface area contributed by atoms with Crippen molar-refractivity contribution < 1.29 is 14.9 Å². The minimum atomic E-state index is -1.02. The van der Waals surface area contributed by atoms with Gasteiger partial charge in [0.1, 0.15) is 0 Å². The van der Waals surface area contributed by atoms with Crippen LogP contribution in [0.3, 0.4) is 0 Å². The van der Waals surface area contributed by atoms with Crippen molar-refractivity contribution in [2.75, 3.05) is 6.54 Å². The Morgan fingerprint density at radius 1 is 1.00 bits per heavy atom. The van der Waals surface area contributed by atoms with Crippen LogP contribution in [0.25, 0.3) is 0 Å². The molecule has 0 radical (unpaired) electrons. The lowest BCUT2D eigenvalue weighted by atomic mass is 9.44. The summed E-state index contributed by atoms with van der Waals surface area (Å²) in [5, 5.41) is 26.8. The highest BCUT2D eigenvalue weighted by atomic mass is 16.6. The number of benzene rings is 1. The van der Waals surface area contributed by atoms with E-state index in [9.17, 15) is 10.2 Å². The van der Waals surface area contributed by atoms with Crippen LogP contribution in [0.15, 0.2) is 35.3 Å². The van der Waals surface area contributed by atoms with E-state index in [2.05, 4.69) is 45.1 Å². The van der Waals surface area contributed by atoms with Gasteiger partial charge in [-0.25, -0.2) is 0 Å². The number of aliphatic hydroxyl groups is 2. The molecule has 14 unspecified atom stereocenters. The minimum absolute atomic E-state index is 0.0104. The smallest absolute Gasteiger partial charge is 0.181 e. The molecule has 1 aromatic rings. The van der Waals surface area contributed by atoms with Crippen LogP contribution in [0, 0.1) is 52.3 Å². The van der Waals surface area contributed by atoms with E-state index < -0.39 is 5.79 Å². The van der Waals surface area contributed by atoms with Gasteiger partial charge in [0, 0.05) is 12.6 Å². The maximum atomic E-state index is 11.7. The number of piperidine rings is 1. The van der Waals surface area contributed by atoms with E-state index in [-0.39, 0.29) is 35.1 Å². The summed E-state index contributed by atoms with van der Waals surface area (Å²) in [7, 11) is 0. The van der Waals surface area contributed by atoms with E-state index in [1.807, 2.05) is 24.4 Å². The van der Waals surface area contributed by atoms with Crippen molar-refractivity contribution >= 4 is 6.21 Å². The Hall–Kier alpha value is -1.27. The molecule has 6 fully saturated rings. The van der Waals surface area contributed by atoms with Gasteiger partial charge in [0.2, 0.25) is 0 Å². The number of aliphatic imine (C=N–C) groups is 1. The highest BCUT2D eigenvalue weighted by molar-refractivity contribution is 5.79. The number of ether oxygens (including phenoxy) is 1. The molecule has 7 rings (SSSR count). The van der Waals surface area contributed by atoms with Gasteiger partial charge in [0.15, 0.2) is 5.79 Å². The maximum Gasteiger partial charge on any atom is 0.181 e. The molecule has 5 heteroatoms. The number of aliphatic hydroxyl groups excluding tert-OH is 1. The van der Waals surface area contributed by atoms with E-state index in [0.29, 0.717) is 41.4 Å². The first kappa shape index (κ1) is 26.6. The zero-order valence-corrected chi connectivity index (χ0v) is 24.4. The molecule has 0 amide bonds. The molecule has 4 saturated carbocycles. The van der Waals surface area contributed by atoms with Crippen molar-refractivity contribution in [3.05, 3.63) is 35.9 Å². The summed E-state index contributed by atoms with van der Waals surface area (Å²) in [6.07, 6.45) is 10.6. The molecular weight excluding hydrogens is 484 g/mol.